The van der Waals surface area contributed by atoms with Crippen molar-refractivity contribution in [1.82, 2.24) is 15.1 Å². The minimum absolute atomic E-state index is 0.0682. The van der Waals surface area contributed by atoms with Crippen molar-refractivity contribution in [3.8, 4) is 0 Å². The number of ether oxygens (including phenoxy) is 1. The van der Waals surface area contributed by atoms with Crippen LogP contribution in [-0.4, -0.2) is 73.4 Å². The Labute approximate surface area is 168 Å². The quantitative estimate of drug-likeness (QED) is 0.785. The number of hydrogen-bond donors (Lipinski definition) is 2. The fraction of sp³-hybridized carbons (Fsp3) is 0.682. The lowest BCUT2D eigenvalue weighted by Crippen LogP contribution is -2.44. The number of aliphatic hydroxyl groups excluding tert-OH is 1. The summed E-state index contributed by atoms with van der Waals surface area (Å²) < 4.78 is 5.44. The summed E-state index contributed by atoms with van der Waals surface area (Å²) in [4.78, 5) is 16.7. The summed E-state index contributed by atoms with van der Waals surface area (Å²) in [6.07, 6.45) is 4.94. The molecule has 2 saturated heterocycles. The second kappa shape index (κ2) is 10.8. The summed E-state index contributed by atoms with van der Waals surface area (Å²) >= 11 is 0. The molecule has 6 nitrogen and oxygen atoms in total. The van der Waals surface area contributed by atoms with Crippen LogP contribution < -0.4 is 5.32 Å². The van der Waals surface area contributed by atoms with E-state index >= 15 is 0 Å². The minimum Gasteiger partial charge on any atom is -0.387 e. The number of nitrogens with one attached hydrogen (secondary N) is 1. The zero-order chi connectivity index (χ0) is 19.8. The summed E-state index contributed by atoms with van der Waals surface area (Å²) in [5.41, 5.74) is 0.977. The molecule has 0 aliphatic carbocycles. The SMILES string of the molecule is COC1CCCN(C(=O)NCC2CCN(CC(O)c3ccccc3)CC2)CC1. The lowest BCUT2D eigenvalue weighted by Gasteiger charge is -2.33. The Hall–Kier alpha value is -1.63. The molecule has 1 aromatic carbocycles. The predicted molar refractivity (Wildman–Crippen MR) is 110 cm³/mol. The van der Waals surface area contributed by atoms with Gasteiger partial charge in [0.05, 0.1) is 12.2 Å². The predicted octanol–water partition coefficient (Wildman–Crippen LogP) is 2.64. The number of urea groups is 1. The van der Waals surface area contributed by atoms with Crippen LogP contribution >= 0.6 is 0 Å². The van der Waals surface area contributed by atoms with E-state index in [0.29, 0.717) is 12.5 Å². The van der Waals surface area contributed by atoms with E-state index in [1.807, 2.05) is 35.2 Å². The maximum atomic E-state index is 12.5. The maximum Gasteiger partial charge on any atom is 0.317 e. The average molecular weight is 390 g/mol. The van der Waals surface area contributed by atoms with Gasteiger partial charge < -0.3 is 25.0 Å². The standard InChI is InChI=1S/C22H35N3O3/c1-28-20-8-5-12-25(15-11-20)22(27)23-16-18-9-13-24(14-10-18)17-21(26)19-6-3-2-4-7-19/h2-4,6-7,18,20-21,26H,5,8-17H2,1H3,(H,23,27). The second-order valence-corrected chi connectivity index (χ2v) is 8.13. The molecule has 2 unspecified atom stereocenters. The number of aliphatic hydroxyl groups is 1. The van der Waals surface area contributed by atoms with Crippen molar-refractivity contribution < 1.29 is 14.6 Å². The summed E-state index contributed by atoms with van der Waals surface area (Å²) in [5.74, 6) is 0.521. The molecular formula is C22H35N3O3. The molecule has 28 heavy (non-hydrogen) atoms. The van der Waals surface area contributed by atoms with Crippen molar-refractivity contribution in [3.05, 3.63) is 35.9 Å². The van der Waals surface area contributed by atoms with Gasteiger partial charge in [-0.25, -0.2) is 4.79 Å². The third kappa shape index (κ3) is 6.19. The zero-order valence-corrected chi connectivity index (χ0v) is 17.1. The number of hydrogen-bond acceptors (Lipinski definition) is 4. The Morgan fingerprint density at radius 1 is 1.14 bits per heavy atom. The van der Waals surface area contributed by atoms with Crippen LogP contribution in [0.3, 0.4) is 0 Å². The second-order valence-electron chi connectivity index (χ2n) is 8.13. The van der Waals surface area contributed by atoms with Gasteiger partial charge in [-0.2, -0.15) is 0 Å². The number of carbonyl (C=O) groups excluding carboxylic acids is 1. The van der Waals surface area contributed by atoms with Crippen LogP contribution in [-0.2, 0) is 4.74 Å². The van der Waals surface area contributed by atoms with Gasteiger partial charge in [0.2, 0.25) is 0 Å². The molecule has 0 radical (unpaired) electrons. The van der Waals surface area contributed by atoms with Gasteiger partial charge in [0.1, 0.15) is 0 Å². The molecule has 156 valence electrons. The molecule has 0 bridgehead atoms. The molecule has 0 spiro atoms. The molecule has 2 atom stereocenters. The van der Waals surface area contributed by atoms with Crippen molar-refractivity contribution in [2.75, 3.05) is 46.4 Å². The fourth-order valence-electron chi connectivity index (χ4n) is 4.25. The monoisotopic (exact) mass is 389 g/mol. The Morgan fingerprint density at radius 2 is 1.89 bits per heavy atom. The van der Waals surface area contributed by atoms with Gasteiger partial charge in [-0.05, 0) is 56.7 Å². The number of likely N-dealkylation sites (tertiary alicyclic amines) is 2. The third-order valence-corrected chi connectivity index (χ3v) is 6.16. The number of benzene rings is 1. The van der Waals surface area contributed by atoms with E-state index in [0.717, 1.165) is 70.4 Å². The first kappa shape index (κ1) is 21.1. The molecule has 2 aliphatic heterocycles. The Balaban J connectivity index is 1.34. The van der Waals surface area contributed by atoms with Gasteiger partial charge in [0.15, 0.2) is 0 Å². The van der Waals surface area contributed by atoms with Crippen LogP contribution in [0.2, 0.25) is 0 Å². The Bertz CT molecular complexity index is 590. The van der Waals surface area contributed by atoms with Gasteiger partial charge in [0.25, 0.3) is 0 Å². The topological polar surface area (TPSA) is 65.0 Å². The first-order valence-corrected chi connectivity index (χ1v) is 10.7. The van der Waals surface area contributed by atoms with Crippen LogP contribution in [0.25, 0.3) is 0 Å². The van der Waals surface area contributed by atoms with Crippen LogP contribution in [0.4, 0.5) is 4.79 Å². The number of amides is 2. The van der Waals surface area contributed by atoms with Crippen LogP contribution in [0.1, 0.15) is 43.8 Å². The fourth-order valence-corrected chi connectivity index (χ4v) is 4.25. The Kier molecular flexibility index (Phi) is 8.13. The van der Waals surface area contributed by atoms with E-state index in [9.17, 15) is 9.90 Å². The van der Waals surface area contributed by atoms with Crippen molar-refractivity contribution in [2.45, 2.75) is 44.3 Å². The average Bonchev–Trinajstić information content (AvgIpc) is 2.99. The first-order chi connectivity index (χ1) is 13.7. The molecular weight excluding hydrogens is 354 g/mol. The highest BCUT2D eigenvalue weighted by atomic mass is 16.5. The zero-order valence-electron chi connectivity index (χ0n) is 17.1. The molecule has 2 heterocycles. The van der Waals surface area contributed by atoms with Crippen LogP contribution in [0.15, 0.2) is 30.3 Å². The largest absolute Gasteiger partial charge is 0.387 e. The van der Waals surface area contributed by atoms with Gasteiger partial charge in [-0.15, -0.1) is 0 Å². The van der Waals surface area contributed by atoms with E-state index in [-0.39, 0.29) is 12.1 Å². The van der Waals surface area contributed by atoms with Crippen molar-refractivity contribution in [3.63, 3.8) is 0 Å². The molecule has 3 rings (SSSR count). The molecule has 1 aromatic rings. The molecule has 2 amide bonds. The molecule has 2 N–H and O–H groups in total. The minimum atomic E-state index is -0.434. The number of nitrogens with zero attached hydrogens (tertiary/aromatic N) is 2. The summed E-state index contributed by atoms with van der Waals surface area (Å²) in [6.45, 7) is 4.98. The van der Waals surface area contributed by atoms with Crippen LogP contribution in [0.5, 0.6) is 0 Å². The molecule has 6 heteroatoms. The van der Waals surface area contributed by atoms with E-state index in [1.54, 1.807) is 7.11 Å². The first-order valence-electron chi connectivity index (χ1n) is 10.7. The number of β-amino-alcohol motifs (C(OH)–C–C–N with tert-alkyl or cyclic N) is 1. The molecule has 0 aromatic heterocycles. The molecule has 2 aliphatic rings. The maximum absolute atomic E-state index is 12.5. The van der Waals surface area contributed by atoms with Gasteiger partial charge in [-0.3, -0.25) is 0 Å². The van der Waals surface area contributed by atoms with E-state index in [4.69, 9.17) is 4.74 Å². The smallest absolute Gasteiger partial charge is 0.317 e. The highest BCUT2D eigenvalue weighted by Crippen LogP contribution is 2.20. The number of piperidine rings is 1. The van der Waals surface area contributed by atoms with Gasteiger partial charge >= 0.3 is 6.03 Å². The van der Waals surface area contributed by atoms with Gasteiger partial charge in [0, 0.05) is 33.3 Å². The summed E-state index contributed by atoms with van der Waals surface area (Å²) in [7, 11) is 1.76. The summed E-state index contributed by atoms with van der Waals surface area (Å²) in [5, 5.41) is 13.5. The third-order valence-electron chi connectivity index (χ3n) is 6.16. The van der Waals surface area contributed by atoms with E-state index < -0.39 is 6.10 Å². The summed E-state index contributed by atoms with van der Waals surface area (Å²) in [6, 6.07) is 9.92. The van der Waals surface area contributed by atoms with Crippen LogP contribution in [0, 0.1) is 5.92 Å². The molecule has 2 fully saturated rings. The molecule has 0 saturated carbocycles. The Morgan fingerprint density at radius 3 is 2.61 bits per heavy atom. The highest BCUT2D eigenvalue weighted by molar-refractivity contribution is 5.74. The lowest BCUT2D eigenvalue weighted by atomic mass is 9.96. The number of rotatable bonds is 6. The van der Waals surface area contributed by atoms with Crippen molar-refractivity contribution in [2.24, 2.45) is 5.92 Å². The highest BCUT2D eigenvalue weighted by Gasteiger charge is 2.24. The number of carbonyl (C=O) groups is 1. The van der Waals surface area contributed by atoms with E-state index in [2.05, 4.69) is 10.2 Å². The van der Waals surface area contributed by atoms with Crippen molar-refractivity contribution in [1.29, 1.82) is 0 Å². The number of methoxy groups -OCH3 is 1. The van der Waals surface area contributed by atoms with E-state index in [1.165, 1.54) is 0 Å². The normalized spacial score (nSPS) is 23.2. The van der Waals surface area contributed by atoms with Gasteiger partial charge in [-0.1, -0.05) is 30.3 Å². The van der Waals surface area contributed by atoms with Crippen molar-refractivity contribution >= 4 is 6.03 Å². The lowest BCUT2D eigenvalue weighted by molar-refractivity contribution is 0.0885.